The van der Waals surface area contributed by atoms with Crippen LogP contribution >= 0.6 is 22.6 Å². The maximum absolute atomic E-state index is 13.0. The third kappa shape index (κ3) is 5.82. The van der Waals surface area contributed by atoms with Gasteiger partial charge in [-0.25, -0.2) is 9.82 Å². The molecule has 0 aliphatic rings. The molecule has 8 heteroatoms. The molecule has 0 heterocycles. The van der Waals surface area contributed by atoms with Crippen LogP contribution in [-0.4, -0.2) is 31.7 Å². The summed E-state index contributed by atoms with van der Waals surface area (Å²) in [7, 11) is 1.59. The summed E-state index contributed by atoms with van der Waals surface area (Å²) in [6.45, 7) is -0.271. The van der Waals surface area contributed by atoms with Gasteiger partial charge in [0.1, 0.15) is 11.6 Å². The number of rotatable bonds is 6. The van der Waals surface area contributed by atoms with Crippen LogP contribution in [0.25, 0.3) is 0 Å². The van der Waals surface area contributed by atoms with Crippen LogP contribution in [0.2, 0.25) is 0 Å². The van der Waals surface area contributed by atoms with E-state index in [0.29, 0.717) is 0 Å². The van der Waals surface area contributed by atoms with Gasteiger partial charge >= 0.3 is 0 Å². The van der Waals surface area contributed by atoms with Crippen LogP contribution in [0.4, 0.5) is 4.39 Å². The van der Waals surface area contributed by atoms with Crippen molar-refractivity contribution < 1.29 is 18.7 Å². The maximum Gasteiger partial charge on any atom is 0.259 e. The third-order valence-corrected chi connectivity index (χ3v) is 3.92. The summed E-state index contributed by atoms with van der Waals surface area (Å²) in [4.78, 5) is 23.5. The number of methoxy groups -OCH3 is 1. The Bertz CT molecular complexity index is 811. The lowest BCUT2D eigenvalue weighted by atomic mass is 10.2. The smallest absolute Gasteiger partial charge is 0.259 e. The van der Waals surface area contributed by atoms with Crippen molar-refractivity contribution in [3.63, 3.8) is 0 Å². The van der Waals surface area contributed by atoms with Crippen LogP contribution in [0.1, 0.15) is 15.9 Å². The minimum absolute atomic E-state index is 0.143. The number of benzene rings is 2. The van der Waals surface area contributed by atoms with Gasteiger partial charge in [0.15, 0.2) is 0 Å². The first kappa shape index (κ1) is 18.8. The highest BCUT2D eigenvalue weighted by molar-refractivity contribution is 14.1. The molecule has 2 rings (SSSR count). The number of hydrogen-bond donors (Lipinski definition) is 2. The molecule has 0 fully saturated rings. The van der Waals surface area contributed by atoms with E-state index in [1.54, 1.807) is 19.2 Å². The molecule has 0 aliphatic heterocycles. The molecule has 2 aromatic rings. The Kier molecular flexibility index (Phi) is 6.87. The van der Waals surface area contributed by atoms with E-state index >= 15 is 0 Å². The van der Waals surface area contributed by atoms with Gasteiger partial charge in [-0.05, 0) is 64.6 Å². The number of ether oxygens (including phenoxy) is 1. The summed E-state index contributed by atoms with van der Waals surface area (Å²) in [6, 6.07) is 10.6. The Labute approximate surface area is 157 Å². The van der Waals surface area contributed by atoms with Crippen molar-refractivity contribution in [2.75, 3.05) is 13.7 Å². The fourth-order valence-electron chi connectivity index (χ4n) is 1.87. The Hall–Kier alpha value is -2.49. The molecule has 0 aliphatic carbocycles. The summed E-state index contributed by atoms with van der Waals surface area (Å²) in [5, 5.41) is 6.21. The first-order chi connectivity index (χ1) is 12.0. The van der Waals surface area contributed by atoms with Crippen LogP contribution in [-0.2, 0) is 4.79 Å². The van der Waals surface area contributed by atoms with E-state index in [2.05, 4.69) is 38.4 Å². The molecule has 0 radical (unpaired) electrons. The number of hydrogen-bond acceptors (Lipinski definition) is 4. The van der Waals surface area contributed by atoms with Crippen LogP contribution in [0.3, 0.4) is 0 Å². The minimum atomic E-state index is -0.539. The second-order valence-electron chi connectivity index (χ2n) is 4.88. The van der Waals surface area contributed by atoms with E-state index < -0.39 is 17.6 Å². The minimum Gasteiger partial charge on any atom is -0.496 e. The zero-order valence-electron chi connectivity index (χ0n) is 13.3. The number of carbonyl (C=O) groups is 2. The molecule has 0 atom stereocenters. The number of amides is 2. The fraction of sp³-hybridized carbons (Fsp3) is 0.118. The van der Waals surface area contributed by atoms with Gasteiger partial charge in [0.05, 0.1) is 23.4 Å². The average molecular weight is 455 g/mol. The van der Waals surface area contributed by atoms with Gasteiger partial charge < -0.3 is 10.1 Å². The van der Waals surface area contributed by atoms with Crippen molar-refractivity contribution >= 4 is 40.6 Å². The van der Waals surface area contributed by atoms with Gasteiger partial charge in [-0.3, -0.25) is 9.59 Å². The molecule has 0 saturated heterocycles. The predicted octanol–water partition coefficient (Wildman–Crippen LogP) is 2.32. The molecular weight excluding hydrogens is 440 g/mol. The largest absolute Gasteiger partial charge is 0.496 e. The molecule has 0 unspecified atom stereocenters. The number of hydrazone groups is 1. The molecule has 130 valence electrons. The maximum atomic E-state index is 13.0. The predicted molar refractivity (Wildman–Crippen MR) is 100 cm³/mol. The molecule has 0 saturated carbocycles. The van der Waals surface area contributed by atoms with Crippen molar-refractivity contribution in [2.24, 2.45) is 5.10 Å². The Morgan fingerprint density at radius 2 is 2.08 bits per heavy atom. The summed E-state index contributed by atoms with van der Waals surface area (Å²) in [5.74, 6) is -0.801. The molecule has 2 amide bonds. The van der Waals surface area contributed by atoms with E-state index in [1.807, 2.05) is 6.07 Å². The zero-order chi connectivity index (χ0) is 18.2. The number of nitrogens with zero attached hydrogens (tertiary/aromatic N) is 1. The highest BCUT2D eigenvalue weighted by atomic mass is 127. The molecule has 2 aromatic carbocycles. The van der Waals surface area contributed by atoms with Crippen molar-refractivity contribution in [2.45, 2.75) is 0 Å². The zero-order valence-corrected chi connectivity index (χ0v) is 15.4. The van der Waals surface area contributed by atoms with Gasteiger partial charge in [-0.2, -0.15) is 5.10 Å². The van der Waals surface area contributed by atoms with Gasteiger partial charge in [-0.15, -0.1) is 0 Å². The van der Waals surface area contributed by atoms with Crippen LogP contribution in [0, 0.1) is 9.39 Å². The van der Waals surface area contributed by atoms with Gasteiger partial charge in [-0.1, -0.05) is 6.07 Å². The first-order valence-electron chi connectivity index (χ1n) is 7.19. The first-order valence-corrected chi connectivity index (χ1v) is 8.26. The topological polar surface area (TPSA) is 79.8 Å². The summed E-state index contributed by atoms with van der Waals surface area (Å²) < 4.78 is 19.1. The summed E-state index contributed by atoms with van der Waals surface area (Å²) in [5.41, 5.74) is 3.23. The lowest BCUT2D eigenvalue weighted by Crippen LogP contribution is -2.34. The van der Waals surface area contributed by atoms with Crippen LogP contribution in [0.5, 0.6) is 5.75 Å². The Morgan fingerprint density at radius 3 is 2.76 bits per heavy atom. The lowest BCUT2D eigenvalue weighted by Gasteiger charge is -2.05. The second-order valence-corrected chi connectivity index (χ2v) is 6.04. The van der Waals surface area contributed by atoms with Gasteiger partial charge in [0.2, 0.25) is 0 Å². The Morgan fingerprint density at radius 1 is 1.28 bits per heavy atom. The van der Waals surface area contributed by atoms with E-state index in [4.69, 9.17) is 4.74 Å². The highest BCUT2D eigenvalue weighted by Gasteiger charge is 2.08. The SMILES string of the molecule is COc1ccc(/C=N\NC(=O)CNC(=O)c2cccc(F)c2)cc1I. The molecule has 6 nitrogen and oxygen atoms in total. The number of carbonyl (C=O) groups excluding carboxylic acids is 2. The van der Waals surface area contributed by atoms with E-state index in [1.165, 1.54) is 24.4 Å². The average Bonchev–Trinajstić information content (AvgIpc) is 2.60. The summed E-state index contributed by atoms with van der Waals surface area (Å²) in [6.07, 6.45) is 1.48. The van der Waals surface area contributed by atoms with E-state index in [-0.39, 0.29) is 12.1 Å². The molecule has 0 spiro atoms. The summed E-state index contributed by atoms with van der Waals surface area (Å²) >= 11 is 2.13. The molecule has 25 heavy (non-hydrogen) atoms. The monoisotopic (exact) mass is 455 g/mol. The molecular formula is C17H15FIN3O3. The van der Waals surface area contributed by atoms with Crippen molar-refractivity contribution in [3.05, 3.63) is 63.0 Å². The van der Waals surface area contributed by atoms with Crippen molar-refractivity contribution in [1.29, 1.82) is 0 Å². The lowest BCUT2D eigenvalue weighted by molar-refractivity contribution is -0.120. The second kappa shape index (κ2) is 9.11. The quantitative estimate of drug-likeness (QED) is 0.399. The van der Waals surface area contributed by atoms with Crippen LogP contribution in [0.15, 0.2) is 47.6 Å². The standard InChI is InChI=1S/C17H15FIN3O3/c1-25-15-6-5-11(7-14(15)19)9-21-22-16(23)10-20-17(24)12-3-2-4-13(18)8-12/h2-9H,10H2,1H3,(H,20,24)(H,22,23)/b21-9-. The fourth-order valence-corrected chi connectivity index (χ4v) is 2.63. The molecule has 0 aromatic heterocycles. The van der Waals surface area contributed by atoms with E-state index in [0.717, 1.165) is 20.9 Å². The van der Waals surface area contributed by atoms with Crippen LogP contribution < -0.4 is 15.5 Å². The molecule has 0 bridgehead atoms. The third-order valence-electron chi connectivity index (χ3n) is 3.08. The highest BCUT2D eigenvalue weighted by Crippen LogP contribution is 2.20. The number of halogens is 2. The van der Waals surface area contributed by atoms with E-state index in [9.17, 15) is 14.0 Å². The van der Waals surface area contributed by atoms with Gasteiger partial charge in [0, 0.05) is 5.56 Å². The molecule has 2 N–H and O–H groups in total. The Balaban J connectivity index is 1.82. The normalized spacial score (nSPS) is 10.5. The van der Waals surface area contributed by atoms with Gasteiger partial charge in [0.25, 0.3) is 11.8 Å². The van der Waals surface area contributed by atoms with Crippen molar-refractivity contribution in [3.8, 4) is 5.75 Å². The van der Waals surface area contributed by atoms with Crippen molar-refractivity contribution in [1.82, 2.24) is 10.7 Å². The number of nitrogens with one attached hydrogen (secondary N) is 2.